The van der Waals surface area contributed by atoms with Gasteiger partial charge in [-0.3, -0.25) is 19.4 Å². The Morgan fingerprint density at radius 2 is 1.79 bits per heavy atom. The molecule has 0 radical (unpaired) electrons. The lowest BCUT2D eigenvalue weighted by atomic mass is 10.1. The minimum Gasteiger partial charge on any atom is -0.337 e. The summed E-state index contributed by atoms with van der Waals surface area (Å²) in [5, 5.41) is 3.86. The van der Waals surface area contributed by atoms with Gasteiger partial charge in [-0.1, -0.05) is 0 Å². The van der Waals surface area contributed by atoms with Crippen molar-refractivity contribution in [2.45, 2.75) is 19.3 Å². The zero-order chi connectivity index (χ0) is 16.9. The molecule has 3 heterocycles. The Morgan fingerprint density at radius 1 is 1.04 bits per heavy atom. The molecule has 1 fully saturated rings. The maximum atomic E-state index is 12.5. The molecule has 126 valence electrons. The van der Waals surface area contributed by atoms with Crippen LogP contribution in [0.15, 0.2) is 29.6 Å². The quantitative estimate of drug-likeness (QED) is 0.827. The molecule has 8 nitrogen and oxygen atoms in total. The molecule has 0 aromatic carbocycles. The number of carbonyl (C=O) groups excluding carboxylic acids is 3. The highest BCUT2D eigenvalue weighted by atomic mass is 16.2. The summed E-state index contributed by atoms with van der Waals surface area (Å²) in [4.78, 5) is 43.5. The second kappa shape index (κ2) is 7.20. The van der Waals surface area contributed by atoms with E-state index in [1.54, 1.807) is 34.3 Å². The Morgan fingerprint density at radius 3 is 2.42 bits per heavy atom. The highest BCUT2D eigenvalue weighted by Gasteiger charge is 2.27. The predicted molar refractivity (Wildman–Crippen MR) is 86.1 cm³/mol. The van der Waals surface area contributed by atoms with Gasteiger partial charge in [0, 0.05) is 51.4 Å². The topological polar surface area (TPSA) is 95.0 Å². The minimum absolute atomic E-state index is 0.0698. The smallest absolute Gasteiger partial charge is 0.270 e. The zero-order valence-electron chi connectivity index (χ0n) is 13.3. The molecule has 1 aromatic rings. The summed E-state index contributed by atoms with van der Waals surface area (Å²) in [6.45, 7) is 2.10. The van der Waals surface area contributed by atoms with Gasteiger partial charge in [-0.15, -0.1) is 0 Å². The third kappa shape index (κ3) is 3.58. The third-order valence-electron chi connectivity index (χ3n) is 4.13. The fourth-order valence-corrected chi connectivity index (χ4v) is 2.81. The number of aromatic nitrogens is 1. The molecule has 2 aliphatic heterocycles. The lowest BCUT2D eigenvalue weighted by molar-refractivity contribution is -0.124. The summed E-state index contributed by atoms with van der Waals surface area (Å²) in [6.07, 6.45) is 4.53. The van der Waals surface area contributed by atoms with Crippen molar-refractivity contribution in [3.8, 4) is 0 Å². The van der Waals surface area contributed by atoms with Gasteiger partial charge in [0.1, 0.15) is 5.71 Å². The van der Waals surface area contributed by atoms with E-state index in [2.05, 4.69) is 15.5 Å². The van der Waals surface area contributed by atoms with Gasteiger partial charge in [-0.05, 0) is 18.6 Å². The van der Waals surface area contributed by atoms with E-state index in [0.29, 0.717) is 50.3 Å². The SMILES string of the molecule is O=C1CCC(C(=O)N2CCCN(C(=O)c3cccnc3)CC2)=NN1. The van der Waals surface area contributed by atoms with Crippen molar-refractivity contribution in [3.63, 3.8) is 0 Å². The van der Waals surface area contributed by atoms with Gasteiger partial charge in [0.2, 0.25) is 5.91 Å². The molecule has 0 bridgehead atoms. The average molecular weight is 329 g/mol. The van der Waals surface area contributed by atoms with Crippen molar-refractivity contribution in [3.05, 3.63) is 30.1 Å². The Bertz CT molecular complexity index is 674. The van der Waals surface area contributed by atoms with E-state index in [0.717, 1.165) is 0 Å². The molecule has 3 amide bonds. The van der Waals surface area contributed by atoms with Crippen LogP contribution in [0.5, 0.6) is 0 Å². The molecule has 0 unspecified atom stereocenters. The van der Waals surface area contributed by atoms with Crippen LogP contribution in [0.2, 0.25) is 0 Å². The summed E-state index contributed by atoms with van der Waals surface area (Å²) in [7, 11) is 0. The van der Waals surface area contributed by atoms with E-state index in [-0.39, 0.29) is 24.1 Å². The highest BCUT2D eigenvalue weighted by Crippen LogP contribution is 2.11. The van der Waals surface area contributed by atoms with Gasteiger partial charge in [0.15, 0.2) is 0 Å². The first kappa shape index (κ1) is 16.1. The molecule has 0 saturated carbocycles. The number of hydrogen-bond donors (Lipinski definition) is 1. The molecule has 1 aromatic heterocycles. The van der Waals surface area contributed by atoms with Crippen LogP contribution in [0.1, 0.15) is 29.6 Å². The monoisotopic (exact) mass is 329 g/mol. The van der Waals surface area contributed by atoms with E-state index in [4.69, 9.17) is 0 Å². The maximum absolute atomic E-state index is 12.5. The molecule has 0 aliphatic carbocycles. The van der Waals surface area contributed by atoms with Gasteiger partial charge < -0.3 is 9.80 Å². The minimum atomic E-state index is -0.171. The second-order valence-corrected chi connectivity index (χ2v) is 5.77. The molecule has 1 N–H and O–H groups in total. The summed E-state index contributed by atoms with van der Waals surface area (Å²) in [5.41, 5.74) is 3.28. The van der Waals surface area contributed by atoms with Gasteiger partial charge in [-0.25, -0.2) is 5.43 Å². The van der Waals surface area contributed by atoms with E-state index in [9.17, 15) is 14.4 Å². The third-order valence-corrected chi connectivity index (χ3v) is 4.13. The number of hydrogen-bond acceptors (Lipinski definition) is 5. The first-order chi connectivity index (χ1) is 11.6. The highest BCUT2D eigenvalue weighted by molar-refractivity contribution is 6.39. The van der Waals surface area contributed by atoms with Crippen molar-refractivity contribution in [1.82, 2.24) is 20.2 Å². The van der Waals surface area contributed by atoms with Crippen LogP contribution in [0, 0.1) is 0 Å². The van der Waals surface area contributed by atoms with Crippen LogP contribution < -0.4 is 5.43 Å². The van der Waals surface area contributed by atoms with Gasteiger partial charge >= 0.3 is 0 Å². The predicted octanol–water partition coefficient (Wildman–Crippen LogP) is 0.0221. The van der Waals surface area contributed by atoms with Crippen molar-refractivity contribution in [2.75, 3.05) is 26.2 Å². The molecule has 3 rings (SSSR count). The first-order valence-corrected chi connectivity index (χ1v) is 7.99. The van der Waals surface area contributed by atoms with Crippen LogP contribution >= 0.6 is 0 Å². The van der Waals surface area contributed by atoms with Crippen molar-refractivity contribution in [2.24, 2.45) is 5.10 Å². The standard InChI is InChI=1S/C16H19N5O3/c22-14-5-4-13(18-19-14)16(24)21-8-2-7-20(9-10-21)15(23)12-3-1-6-17-11-12/h1,3,6,11H,2,4-5,7-10H2,(H,19,22). The summed E-state index contributed by atoms with van der Waals surface area (Å²) < 4.78 is 0. The Hall–Kier alpha value is -2.77. The summed E-state index contributed by atoms with van der Waals surface area (Å²) in [5.74, 6) is -0.402. The lowest BCUT2D eigenvalue weighted by Crippen LogP contribution is -2.42. The number of rotatable bonds is 2. The van der Waals surface area contributed by atoms with Crippen LogP contribution in [0.4, 0.5) is 0 Å². The normalized spacial score (nSPS) is 18.5. The Kier molecular flexibility index (Phi) is 4.83. The molecule has 1 saturated heterocycles. The average Bonchev–Trinajstić information content (AvgIpc) is 2.88. The Labute approximate surface area is 139 Å². The molecular formula is C16H19N5O3. The summed E-state index contributed by atoms with van der Waals surface area (Å²) in [6, 6.07) is 3.47. The second-order valence-electron chi connectivity index (χ2n) is 5.77. The number of amides is 3. The van der Waals surface area contributed by atoms with Crippen LogP contribution in [-0.4, -0.2) is 64.4 Å². The lowest BCUT2D eigenvalue weighted by Gasteiger charge is -2.23. The number of carbonyl (C=O) groups is 3. The Balaban J connectivity index is 1.62. The number of nitrogens with zero attached hydrogens (tertiary/aromatic N) is 4. The fourth-order valence-electron chi connectivity index (χ4n) is 2.81. The van der Waals surface area contributed by atoms with E-state index < -0.39 is 0 Å². The molecule has 0 spiro atoms. The largest absolute Gasteiger partial charge is 0.337 e. The first-order valence-electron chi connectivity index (χ1n) is 7.99. The van der Waals surface area contributed by atoms with E-state index >= 15 is 0 Å². The molecule has 24 heavy (non-hydrogen) atoms. The van der Waals surface area contributed by atoms with Gasteiger partial charge in [0.25, 0.3) is 11.8 Å². The van der Waals surface area contributed by atoms with Crippen LogP contribution in [0.3, 0.4) is 0 Å². The molecule has 8 heteroatoms. The van der Waals surface area contributed by atoms with Crippen LogP contribution in [0.25, 0.3) is 0 Å². The fraction of sp³-hybridized carbons (Fsp3) is 0.438. The van der Waals surface area contributed by atoms with Crippen molar-refractivity contribution < 1.29 is 14.4 Å². The number of hydrazone groups is 1. The maximum Gasteiger partial charge on any atom is 0.270 e. The van der Waals surface area contributed by atoms with Gasteiger partial charge in [-0.2, -0.15) is 5.10 Å². The zero-order valence-corrected chi connectivity index (χ0v) is 13.3. The summed E-state index contributed by atoms with van der Waals surface area (Å²) >= 11 is 0. The number of nitrogens with one attached hydrogen (secondary N) is 1. The van der Waals surface area contributed by atoms with E-state index in [1.165, 1.54) is 0 Å². The van der Waals surface area contributed by atoms with Gasteiger partial charge in [0.05, 0.1) is 5.56 Å². The molecule has 2 aliphatic rings. The van der Waals surface area contributed by atoms with Crippen molar-refractivity contribution >= 4 is 23.4 Å². The molecular weight excluding hydrogens is 310 g/mol. The molecule has 0 atom stereocenters. The van der Waals surface area contributed by atoms with E-state index in [1.807, 2.05) is 0 Å². The van der Waals surface area contributed by atoms with Crippen LogP contribution in [-0.2, 0) is 9.59 Å². The van der Waals surface area contributed by atoms with Crippen molar-refractivity contribution in [1.29, 1.82) is 0 Å². The number of pyridine rings is 1.